The Bertz CT molecular complexity index is 500. The van der Waals surface area contributed by atoms with Crippen molar-refractivity contribution in [3.8, 4) is 11.5 Å². The Morgan fingerprint density at radius 1 is 1.35 bits per heavy atom. The van der Waals surface area contributed by atoms with Crippen molar-refractivity contribution < 1.29 is 9.84 Å². The highest BCUT2D eigenvalue weighted by Gasteiger charge is 2.07. The molecule has 0 fully saturated rings. The van der Waals surface area contributed by atoms with Gasteiger partial charge in [-0.2, -0.15) is 0 Å². The summed E-state index contributed by atoms with van der Waals surface area (Å²) in [5.74, 6) is 1.17. The maximum absolute atomic E-state index is 9.42. The number of benzene rings is 1. The van der Waals surface area contributed by atoms with E-state index < -0.39 is 6.10 Å². The van der Waals surface area contributed by atoms with E-state index in [-0.39, 0.29) is 0 Å². The highest BCUT2D eigenvalue weighted by molar-refractivity contribution is 6.32. The summed E-state index contributed by atoms with van der Waals surface area (Å²) in [5, 5.41) is 9.88. The Hall–Kier alpha value is -1.58. The molecule has 0 aliphatic rings. The summed E-state index contributed by atoms with van der Waals surface area (Å²) in [5.41, 5.74) is 0.758. The Morgan fingerprint density at radius 3 is 2.76 bits per heavy atom. The van der Waals surface area contributed by atoms with Crippen LogP contribution in [0, 0.1) is 0 Å². The molecule has 4 heteroatoms. The Labute approximate surface area is 105 Å². The van der Waals surface area contributed by atoms with Gasteiger partial charge in [-0.3, -0.25) is 4.98 Å². The van der Waals surface area contributed by atoms with Crippen molar-refractivity contribution in [2.45, 2.75) is 13.0 Å². The van der Waals surface area contributed by atoms with E-state index >= 15 is 0 Å². The van der Waals surface area contributed by atoms with Crippen LogP contribution in [-0.2, 0) is 0 Å². The zero-order chi connectivity index (χ0) is 12.3. The van der Waals surface area contributed by atoms with Gasteiger partial charge in [-0.15, -0.1) is 0 Å². The molecule has 0 amide bonds. The van der Waals surface area contributed by atoms with Gasteiger partial charge in [0.05, 0.1) is 17.3 Å². The van der Waals surface area contributed by atoms with Crippen LogP contribution in [0.2, 0.25) is 5.02 Å². The predicted molar refractivity (Wildman–Crippen MR) is 66.4 cm³/mol. The first-order valence-electron chi connectivity index (χ1n) is 5.22. The van der Waals surface area contributed by atoms with Gasteiger partial charge in [0.15, 0.2) is 0 Å². The lowest BCUT2D eigenvalue weighted by Crippen LogP contribution is -1.92. The molecule has 0 saturated carbocycles. The fraction of sp³-hybridized carbons (Fsp3) is 0.154. The van der Waals surface area contributed by atoms with Gasteiger partial charge >= 0.3 is 0 Å². The second kappa shape index (κ2) is 5.17. The number of nitrogens with zero attached hydrogens (tertiary/aromatic N) is 1. The summed E-state index contributed by atoms with van der Waals surface area (Å²) >= 11 is 6.07. The summed E-state index contributed by atoms with van der Waals surface area (Å²) in [6.45, 7) is 1.69. The Balaban J connectivity index is 2.23. The largest absolute Gasteiger partial charge is 0.454 e. The second-order valence-corrected chi connectivity index (χ2v) is 4.06. The third-order valence-corrected chi connectivity index (χ3v) is 2.60. The van der Waals surface area contributed by atoms with E-state index in [1.54, 1.807) is 49.6 Å². The molecular formula is C13H12ClNO2. The highest BCUT2D eigenvalue weighted by atomic mass is 35.5. The van der Waals surface area contributed by atoms with Gasteiger partial charge in [-0.05, 0) is 36.8 Å². The lowest BCUT2D eigenvalue weighted by molar-refractivity contribution is 0.199. The molecular weight excluding hydrogens is 238 g/mol. The molecule has 2 aromatic rings. The molecule has 1 N–H and O–H groups in total. The van der Waals surface area contributed by atoms with Crippen LogP contribution in [0.4, 0.5) is 0 Å². The average Bonchev–Trinajstić information content (AvgIpc) is 2.33. The van der Waals surface area contributed by atoms with E-state index in [1.807, 2.05) is 0 Å². The van der Waals surface area contributed by atoms with Crippen LogP contribution < -0.4 is 4.74 Å². The molecule has 3 nitrogen and oxygen atoms in total. The van der Waals surface area contributed by atoms with E-state index in [0.717, 1.165) is 5.56 Å². The van der Waals surface area contributed by atoms with Crippen molar-refractivity contribution in [1.29, 1.82) is 0 Å². The number of aromatic nitrogens is 1. The molecule has 0 unspecified atom stereocenters. The number of hydrogen-bond donors (Lipinski definition) is 1. The average molecular weight is 250 g/mol. The smallest absolute Gasteiger partial charge is 0.146 e. The van der Waals surface area contributed by atoms with Crippen molar-refractivity contribution in [2.24, 2.45) is 0 Å². The fourth-order valence-corrected chi connectivity index (χ4v) is 1.62. The van der Waals surface area contributed by atoms with Crippen molar-refractivity contribution >= 4 is 11.6 Å². The number of pyridine rings is 1. The first-order chi connectivity index (χ1) is 8.16. The highest BCUT2D eigenvalue weighted by Crippen LogP contribution is 2.31. The summed E-state index contributed by atoms with van der Waals surface area (Å²) in [6.07, 6.45) is 2.74. The first kappa shape index (κ1) is 11.9. The van der Waals surface area contributed by atoms with Gasteiger partial charge in [0, 0.05) is 6.20 Å². The van der Waals surface area contributed by atoms with Crippen LogP contribution >= 0.6 is 11.6 Å². The Kier molecular flexibility index (Phi) is 3.61. The molecule has 1 aromatic heterocycles. The second-order valence-electron chi connectivity index (χ2n) is 3.66. The number of aliphatic hydroxyl groups is 1. The Morgan fingerprint density at radius 2 is 2.18 bits per heavy atom. The molecule has 1 heterocycles. The lowest BCUT2D eigenvalue weighted by atomic mass is 10.1. The maximum atomic E-state index is 9.42. The topological polar surface area (TPSA) is 42.4 Å². The molecule has 1 atom stereocenters. The quantitative estimate of drug-likeness (QED) is 0.904. The zero-order valence-electron chi connectivity index (χ0n) is 9.30. The summed E-state index contributed by atoms with van der Waals surface area (Å²) < 4.78 is 5.57. The maximum Gasteiger partial charge on any atom is 0.146 e. The van der Waals surface area contributed by atoms with Crippen molar-refractivity contribution in [3.63, 3.8) is 0 Å². The van der Waals surface area contributed by atoms with Crippen LogP contribution in [0.3, 0.4) is 0 Å². The minimum Gasteiger partial charge on any atom is -0.454 e. The van der Waals surface area contributed by atoms with Gasteiger partial charge < -0.3 is 9.84 Å². The number of aliphatic hydroxyl groups excluding tert-OH is 1. The van der Waals surface area contributed by atoms with E-state index in [9.17, 15) is 5.11 Å². The number of halogens is 1. The minimum atomic E-state index is -0.542. The molecule has 1 aromatic carbocycles. The SMILES string of the molecule is C[C@H](O)c1ccc(Oc2cccnc2)c(Cl)c1. The molecule has 0 bridgehead atoms. The standard InChI is InChI=1S/C13H12ClNO2/c1-9(16)10-4-5-13(12(14)7-10)17-11-3-2-6-15-8-11/h2-9,16H,1H3/t9-/m0/s1. The van der Waals surface area contributed by atoms with E-state index in [2.05, 4.69) is 4.98 Å². The molecule has 0 aliphatic heterocycles. The van der Waals surface area contributed by atoms with Gasteiger partial charge in [0.25, 0.3) is 0 Å². The molecule has 0 aliphatic carbocycles. The minimum absolute atomic E-state index is 0.465. The monoisotopic (exact) mass is 249 g/mol. The number of ether oxygens (including phenoxy) is 1. The van der Waals surface area contributed by atoms with Crippen molar-refractivity contribution in [2.75, 3.05) is 0 Å². The third-order valence-electron chi connectivity index (χ3n) is 2.30. The summed E-state index contributed by atoms with van der Waals surface area (Å²) in [7, 11) is 0. The van der Waals surface area contributed by atoms with Crippen LogP contribution in [0.1, 0.15) is 18.6 Å². The molecule has 0 spiro atoms. The van der Waals surface area contributed by atoms with Crippen LogP contribution in [0.5, 0.6) is 11.5 Å². The van der Waals surface area contributed by atoms with E-state index in [4.69, 9.17) is 16.3 Å². The molecule has 17 heavy (non-hydrogen) atoms. The third kappa shape index (κ3) is 2.96. The normalized spacial score (nSPS) is 12.2. The van der Waals surface area contributed by atoms with Gasteiger partial charge in [0.2, 0.25) is 0 Å². The predicted octanol–water partition coefficient (Wildman–Crippen LogP) is 3.58. The fourth-order valence-electron chi connectivity index (χ4n) is 1.39. The molecule has 88 valence electrons. The van der Waals surface area contributed by atoms with Gasteiger partial charge in [0.1, 0.15) is 11.5 Å². The van der Waals surface area contributed by atoms with Crippen LogP contribution in [0.25, 0.3) is 0 Å². The number of rotatable bonds is 3. The van der Waals surface area contributed by atoms with Crippen LogP contribution in [0.15, 0.2) is 42.7 Å². The molecule has 0 radical (unpaired) electrons. The number of hydrogen-bond acceptors (Lipinski definition) is 3. The van der Waals surface area contributed by atoms with Gasteiger partial charge in [-0.25, -0.2) is 0 Å². The summed E-state index contributed by atoms with van der Waals surface area (Å²) in [6, 6.07) is 8.79. The molecule has 2 rings (SSSR count). The van der Waals surface area contributed by atoms with Gasteiger partial charge in [-0.1, -0.05) is 17.7 Å². The van der Waals surface area contributed by atoms with E-state index in [0.29, 0.717) is 16.5 Å². The van der Waals surface area contributed by atoms with E-state index in [1.165, 1.54) is 0 Å². The van der Waals surface area contributed by atoms with Crippen molar-refractivity contribution in [3.05, 3.63) is 53.3 Å². The van der Waals surface area contributed by atoms with Crippen LogP contribution in [-0.4, -0.2) is 10.1 Å². The molecule has 0 saturated heterocycles. The zero-order valence-corrected chi connectivity index (χ0v) is 10.1. The lowest BCUT2D eigenvalue weighted by Gasteiger charge is -2.10. The summed E-state index contributed by atoms with van der Waals surface area (Å²) in [4.78, 5) is 3.95. The van der Waals surface area contributed by atoms with Crippen molar-refractivity contribution in [1.82, 2.24) is 4.98 Å². The first-order valence-corrected chi connectivity index (χ1v) is 5.60.